The number of anilines is 1. The third kappa shape index (κ3) is 2.68. The molecule has 6 heteroatoms. The van der Waals surface area contributed by atoms with Crippen LogP contribution in [0.25, 0.3) is 11.3 Å². The molecule has 1 aliphatic rings. The van der Waals surface area contributed by atoms with Crippen molar-refractivity contribution in [3.63, 3.8) is 0 Å². The van der Waals surface area contributed by atoms with E-state index in [1.165, 1.54) is 11.3 Å². The van der Waals surface area contributed by atoms with Crippen molar-refractivity contribution in [3.8, 4) is 22.8 Å². The maximum atomic E-state index is 6.28. The number of thiazole rings is 1. The van der Waals surface area contributed by atoms with E-state index in [0.29, 0.717) is 34.7 Å². The first-order valence-corrected chi connectivity index (χ1v) is 7.92. The van der Waals surface area contributed by atoms with Crippen molar-refractivity contribution in [2.75, 3.05) is 18.9 Å². The molecule has 112 valence electrons. The standard InChI is InChI=1S/C15H17ClN2O2S/c1-15(2,3)14-18-11(13(17)21-14)8-6-9(16)12-10(7-8)19-4-5-20-12/h6-7H,4-5,17H2,1-3H3. The van der Waals surface area contributed by atoms with Crippen LogP contribution in [0.1, 0.15) is 25.8 Å². The summed E-state index contributed by atoms with van der Waals surface area (Å²) in [5.74, 6) is 1.24. The van der Waals surface area contributed by atoms with Crippen LogP contribution in [-0.2, 0) is 5.41 Å². The first kappa shape index (κ1) is 14.5. The topological polar surface area (TPSA) is 57.4 Å². The summed E-state index contributed by atoms with van der Waals surface area (Å²) in [6.07, 6.45) is 0. The van der Waals surface area contributed by atoms with Crippen molar-refractivity contribution in [2.24, 2.45) is 0 Å². The molecule has 0 atom stereocenters. The number of benzene rings is 1. The van der Waals surface area contributed by atoms with Crippen molar-refractivity contribution < 1.29 is 9.47 Å². The van der Waals surface area contributed by atoms with Gasteiger partial charge in [-0.2, -0.15) is 0 Å². The molecule has 1 aromatic carbocycles. The van der Waals surface area contributed by atoms with Gasteiger partial charge in [0.15, 0.2) is 11.5 Å². The van der Waals surface area contributed by atoms with E-state index in [0.717, 1.165) is 16.3 Å². The monoisotopic (exact) mass is 324 g/mol. The normalized spacial score (nSPS) is 14.3. The Morgan fingerprint density at radius 1 is 1.24 bits per heavy atom. The van der Waals surface area contributed by atoms with Crippen LogP contribution in [0.15, 0.2) is 12.1 Å². The largest absolute Gasteiger partial charge is 0.486 e. The van der Waals surface area contributed by atoms with E-state index in [2.05, 4.69) is 25.8 Å². The maximum Gasteiger partial charge on any atom is 0.179 e. The Morgan fingerprint density at radius 3 is 2.62 bits per heavy atom. The van der Waals surface area contributed by atoms with Crippen molar-refractivity contribution >= 4 is 27.9 Å². The zero-order valence-corrected chi connectivity index (χ0v) is 13.8. The molecule has 0 radical (unpaired) electrons. The Labute approximate surface area is 132 Å². The van der Waals surface area contributed by atoms with Gasteiger partial charge in [-0.15, -0.1) is 11.3 Å². The molecule has 2 N–H and O–H groups in total. The van der Waals surface area contributed by atoms with Crippen LogP contribution in [0.5, 0.6) is 11.5 Å². The summed E-state index contributed by atoms with van der Waals surface area (Å²) in [5.41, 5.74) is 7.71. The maximum absolute atomic E-state index is 6.28. The highest BCUT2D eigenvalue weighted by atomic mass is 35.5. The molecule has 0 fully saturated rings. The quantitative estimate of drug-likeness (QED) is 0.857. The summed E-state index contributed by atoms with van der Waals surface area (Å²) in [7, 11) is 0. The number of hydrogen-bond acceptors (Lipinski definition) is 5. The lowest BCUT2D eigenvalue weighted by Crippen LogP contribution is -2.15. The van der Waals surface area contributed by atoms with E-state index in [-0.39, 0.29) is 5.41 Å². The SMILES string of the molecule is CC(C)(C)c1nc(-c2cc(Cl)c3c(c2)OCCO3)c(N)s1. The summed E-state index contributed by atoms with van der Waals surface area (Å²) < 4.78 is 11.1. The van der Waals surface area contributed by atoms with Gasteiger partial charge in [0.1, 0.15) is 28.9 Å². The van der Waals surface area contributed by atoms with Gasteiger partial charge in [0.25, 0.3) is 0 Å². The smallest absolute Gasteiger partial charge is 0.179 e. The number of nitrogens with zero attached hydrogens (tertiary/aromatic N) is 1. The van der Waals surface area contributed by atoms with Crippen LogP contribution in [0.2, 0.25) is 5.02 Å². The third-order valence-corrected chi connectivity index (χ3v) is 4.76. The minimum absolute atomic E-state index is 0.0331. The number of ether oxygens (including phenoxy) is 2. The number of fused-ring (bicyclic) bond motifs is 1. The number of halogens is 1. The Morgan fingerprint density at radius 2 is 1.95 bits per heavy atom. The second kappa shape index (κ2) is 5.07. The molecule has 21 heavy (non-hydrogen) atoms. The second-order valence-corrected chi connectivity index (χ2v) is 7.40. The fourth-order valence-electron chi connectivity index (χ4n) is 2.11. The minimum atomic E-state index is -0.0331. The van der Waals surface area contributed by atoms with E-state index in [1.54, 1.807) is 0 Å². The van der Waals surface area contributed by atoms with Gasteiger partial charge in [-0.05, 0) is 12.1 Å². The van der Waals surface area contributed by atoms with Crippen LogP contribution in [0.4, 0.5) is 5.00 Å². The first-order valence-electron chi connectivity index (χ1n) is 6.72. The van der Waals surface area contributed by atoms with Crippen LogP contribution in [0.3, 0.4) is 0 Å². The van der Waals surface area contributed by atoms with Crippen molar-refractivity contribution in [2.45, 2.75) is 26.2 Å². The van der Waals surface area contributed by atoms with Crippen molar-refractivity contribution in [3.05, 3.63) is 22.2 Å². The van der Waals surface area contributed by atoms with E-state index in [9.17, 15) is 0 Å². The summed E-state index contributed by atoms with van der Waals surface area (Å²) >= 11 is 7.79. The Kier molecular flexibility index (Phi) is 3.50. The average molecular weight is 325 g/mol. The molecule has 2 aromatic rings. The van der Waals surface area contributed by atoms with Crippen molar-refractivity contribution in [1.29, 1.82) is 0 Å². The minimum Gasteiger partial charge on any atom is -0.486 e. The number of nitrogen functional groups attached to an aromatic ring is 1. The molecule has 0 bridgehead atoms. The van der Waals surface area contributed by atoms with Gasteiger partial charge in [-0.1, -0.05) is 32.4 Å². The second-order valence-electron chi connectivity index (χ2n) is 5.96. The summed E-state index contributed by atoms with van der Waals surface area (Å²) in [6.45, 7) is 7.38. The van der Waals surface area contributed by atoms with E-state index < -0.39 is 0 Å². The lowest BCUT2D eigenvalue weighted by atomic mass is 9.98. The van der Waals surface area contributed by atoms with Crippen LogP contribution in [-0.4, -0.2) is 18.2 Å². The number of hydrogen-bond donors (Lipinski definition) is 1. The molecule has 0 saturated carbocycles. The molecular formula is C15H17ClN2O2S. The Hall–Kier alpha value is -1.46. The zero-order valence-electron chi connectivity index (χ0n) is 12.2. The van der Waals surface area contributed by atoms with Gasteiger partial charge in [-0.3, -0.25) is 0 Å². The van der Waals surface area contributed by atoms with E-state index in [4.69, 9.17) is 26.8 Å². The summed E-state index contributed by atoms with van der Waals surface area (Å²) in [6, 6.07) is 3.71. The molecule has 0 saturated heterocycles. The van der Waals surface area contributed by atoms with Gasteiger partial charge >= 0.3 is 0 Å². The lowest BCUT2D eigenvalue weighted by Gasteiger charge is -2.20. The fourth-order valence-corrected chi connectivity index (χ4v) is 3.28. The molecule has 0 aliphatic carbocycles. The Balaban J connectivity index is 2.09. The van der Waals surface area contributed by atoms with Gasteiger partial charge in [0.2, 0.25) is 0 Å². The average Bonchev–Trinajstić information content (AvgIpc) is 2.81. The molecule has 0 spiro atoms. The number of nitrogens with two attached hydrogens (primary N) is 1. The molecule has 4 nitrogen and oxygen atoms in total. The molecular weight excluding hydrogens is 308 g/mol. The van der Waals surface area contributed by atoms with Gasteiger partial charge in [-0.25, -0.2) is 4.98 Å². The van der Waals surface area contributed by atoms with Crippen molar-refractivity contribution in [1.82, 2.24) is 4.98 Å². The van der Waals surface area contributed by atoms with Crippen LogP contribution in [0, 0.1) is 0 Å². The molecule has 1 aliphatic heterocycles. The van der Waals surface area contributed by atoms with E-state index in [1.807, 2.05) is 12.1 Å². The van der Waals surface area contributed by atoms with Gasteiger partial charge in [0, 0.05) is 11.0 Å². The van der Waals surface area contributed by atoms with Crippen LogP contribution < -0.4 is 15.2 Å². The summed E-state index contributed by atoms with van der Waals surface area (Å²) in [5, 5.41) is 2.21. The highest BCUT2D eigenvalue weighted by Gasteiger charge is 2.23. The van der Waals surface area contributed by atoms with Gasteiger partial charge < -0.3 is 15.2 Å². The molecule has 2 heterocycles. The van der Waals surface area contributed by atoms with Gasteiger partial charge in [0.05, 0.1) is 5.02 Å². The summed E-state index contributed by atoms with van der Waals surface area (Å²) in [4.78, 5) is 4.68. The fraction of sp³-hybridized carbons (Fsp3) is 0.400. The predicted octanol–water partition coefficient (Wildman–Crippen LogP) is 4.11. The zero-order chi connectivity index (χ0) is 15.2. The van der Waals surface area contributed by atoms with Crippen LogP contribution >= 0.6 is 22.9 Å². The molecule has 0 unspecified atom stereocenters. The predicted molar refractivity (Wildman–Crippen MR) is 86.7 cm³/mol. The molecule has 0 amide bonds. The molecule has 1 aromatic heterocycles. The highest BCUT2D eigenvalue weighted by Crippen LogP contribution is 2.43. The first-order chi connectivity index (χ1) is 9.86. The number of aromatic nitrogens is 1. The molecule has 3 rings (SSSR count). The third-order valence-electron chi connectivity index (χ3n) is 3.17. The van der Waals surface area contributed by atoms with E-state index >= 15 is 0 Å². The highest BCUT2D eigenvalue weighted by molar-refractivity contribution is 7.16. The number of rotatable bonds is 1. The Bertz CT molecular complexity index is 692. The lowest BCUT2D eigenvalue weighted by molar-refractivity contribution is 0.172.